The Labute approximate surface area is 177 Å². The van der Waals surface area contributed by atoms with Crippen LogP contribution in [0.5, 0.6) is 0 Å². The minimum atomic E-state index is -0.397. The molecule has 0 saturated carbocycles. The van der Waals surface area contributed by atoms with E-state index < -0.39 is 5.82 Å². The van der Waals surface area contributed by atoms with Crippen LogP contribution in [0.1, 0.15) is 5.56 Å². The Hall–Kier alpha value is -3.25. The van der Waals surface area contributed by atoms with E-state index in [0.717, 1.165) is 10.5 Å². The van der Waals surface area contributed by atoms with E-state index in [4.69, 9.17) is 0 Å². The Balaban J connectivity index is 1.97. The van der Waals surface area contributed by atoms with Gasteiger partial charge in [-0.05, 0) is 78.4 Å². The van der Waals surface area contributed by atoms with Crippen LogP contribution in [-0.2, 0) is 0 Å². The first-order valence-corrected chi connectivity index (χ1v) is 10.5. The molecular formula is C24H18F2N2OS. The monoisotopic (exact) mass is 420 g/mol. The summed E-state index contributed by atoms with van der Waals surface area (Å²) in [6, 6.07) is 18.0. The fourth-order valence-corrected chi connectivity index (χ4v) is 3.70. The molecule has 0 bridgehead atoms. The van der Waals surface area contributed by atoms with Crippen molar-refractivity contribution in [2.24, 2.45) is 0 Å². The summed E-state index contributed by atoms with van der Waals surface area (Å²) in [5.41, 5.74) is 3.03. The Bertz CT molecular complexity index is 1270. The lowest BCUT2D eigenvalue weighted by Crippen LogP contribution is -2.23. The molecule has 0 radical (unpaired) electrons. The molecule has 30 heavy (non-hydrogen) atoms. The van der Waals surface area contributed by atoms with Gasteiger partial charge < -0.3 is 0 Å². The Morgan fingerprint density at radius 2 is 1.57 bits per heavy atom. The summed E-state index contributed by atoms with van der Waals surface area (Å²) in [6.45, 7) is 1.66. The molecule has 0 aliphatic carbocycles. The Morgan fingerprint density at radius 1 is 0.900 bits per heavy atom. The van der Waals surface area contributed by atoms with Crippen molar-refractivity contribution in [3.63, 3.8) is 0 Å². The third-order valence-electron chi connectivity index (χ3n) is 4.90. The van der Waals surface area contributed by atoms with Crippen LogP contribution in [0, 0.1) is 18.6 Å². The van der Waals surface area contributed by atoms with Crippen molar-refractivity contribution in [3.05, 3.63) is 100 Å². The van der Waals surface area contributed by atoms with E-state index in [1.54, 1.807) is 37.0 Å². The van der Waals surface area contributed by atoms with E-state index >= 15 is 0 Å². The summed E-state index contributed by atoms with van der Waals surface area (Å²) < 4.78 is 28.4. The molecule has 1 heterocycles. The minimum Gasteiger partial charge on any atom is -0.267 e. The van der Waals surface area contributed by atoms with E-state index in [2.05, 4.69) is 5.10 Å². The SMILES string of the molecule is CSc1ccc(-c2cnn(-c3ccc(F)cc3)c(=O)c2-c2ccc(F)c(C)c2)cc1. The molecule has 0 amide bonds. The van der Waals surface area contributed by atoms with Crippen molar-refractivity contribution in [1.29, 1.82) is 0 Å². The summed E-state index contributed by atoms with van der Waals surface area (Å²) in [4.78, 5) is 14.6. The van der Waals surface area contributed by atoms with Gasteiger partial charge in [-0.2, -0.15) is 9.78 Å². The van der Waals surface area contributed by atoms with E-state index in [-0.39, 0.29) is 11.4 Å². The highest BCUT2D eigenvalue weighted by atomic mass is 32.2. The molecule has 0 atom stereocenters. The van der Waals surface area contributed by atoms with E-state index in [1.807, 2.05) is 30.5 Å². The van der Waals surface area contributed by atoms with Gasteiger partial charge in [0.1, 0.15) is 11.6 Å². The van der Waals surface area contributed by atoms with Gasteiger partial charge in [0.15, 0.2) is 0 Å². The second-order valence-corrected chi connectivity index (χ2v) is 7.70. The van der Waals surface area contributed by atoms with Gasteiger partial charge in [0.25, 0.3) is 5.56 Å². The molecule has 3 aromatic carbocycles. The molecular weight excluding hydrogens is 402 g/mol. The number of hydrogen-bond acceptors (Lipinski definition) is 3. The van der Waals surface area contributed by atoms with Crippen LogP contribution in [-0.4, -0.2) is 16.0 Å². The normalized spacial score (nSPS) is 10.9. The van der Waals surface area contributed by atoms with E-state index in [9.17, 15) is 13.6 Å². The van der Waals surface area contributed by atoms with Crippen molar-refractivity contribution < 1.29 is 8.78 Å². The van der Waals surface area contributed by atoms with Crippen molar-refractivity contribution in [1.82, 2.24) is 9.78 Å². The summed E-state index contributed by atoms with van der Waals surface area (Å²) in [6.07, 6.45) is 3.61. The van der Waals surface area contributed by atoms with Gasteiger partial charge >= 0.3 is 0 Å². The van der Waals surface area contributed by atoms with Crippen molar-refractivity contribution >= 4 is 11.8 Å². The van der Waals surface area contributed by atoms with Crippen molar-refractivity contribution in [2.45, 2.75) is 11.8 Å². The Morgan fingerprint density at radius 3 is 2.20 bits per heavy atom. The number of nitrogens with zero attached hydrogens (tertiary/aromatic N) is 2. The minimum absolute atomic E-state index is 0.336. The molecule has 0 aliphatic rings. The van der Waals surface area contributed by atoms with Crippen molar-refractivity contribution in [3.8, 4) is 27.9 Å². The average molecular weight is 420 g/mol. The molecule has 0 N–H and O–H groups in total. The number of halogens is 2. The van der Waals surface area contributed by atoms with Crippen LogP contribution < -0.4 is 5.56 Å². The average Bonchev–Trinajstić information content (AvgIpc) is 2.76. The highest BCUT2D eigenvalue weighted by Gasteiger charge is 2.17. The van der Waals surface area contributed by atoms with E-state index in [0.29, 0.717) is 27.9 Å². The zero-order chi connectivity index (χ0) is 21.3. The molecule has 1 aromatic heterocycles. The fraction of sp³-hybridized carbons (Fsp3) is 0.0833. The lowest BCUT2D eigenvalue weighted by Gasteiger charge is -2.14. The number of thioether (sulfide) groups is 1. The van der Waals surface area contributed by atoms with Crippen LogP contribution >= 0.6 is 11.8 Å². The van der Waals surface area contributed by atoms with Gasteiger partial charge in [-0.15, -0.1) is 11.8 Å². The molecule has 0 spiro atoms. The Kier molecular flexibility index (Phi) is 5.50. The van der Waals surface area contributed by atoms with E-state index in [1.165, 1.54) is 35.0 Å². The standard InChI is InChI=1S/C24H18F2N2OS/c1-15-13-17(5-12-22(15)26)23-21(16-3-10-20(30-2)11-4-16)14-27-28(24(23)29)19-8-6-18(25)7-9-19/h3-14H,1-2H3. The van der Waals surface area contributed by atoms with Gasteiger partial charge in [0, 0.05) is 10.5 Å². The lowest BCUT2D eigenvalue weighted by molar-refractivity contribution is 0.619. The van der Waals surface area contributed by atoms with Crippen molar-refractivity contribution in [2.75, 3.05) is 6.26 Å². The third kappa shape index (κ3) is 3.78. The molecule has 0 saturated heterocycles. The fourth-order valence-electron chi connectivity index (χ4n) is 3.29. The zero-order valence-electron chi connectivity index (χ0n) is 16.4. The second-order valence-electron chi connectivity index (χ2n) is 6.82. The molecule has 0 unspecified atom stereocenters. The first-order chi connectivity index (χ1) is 14.5. The predicted octanol–water partition coefficient (Wildman–Crippen LogP) is 5.88. The van der Waals surface area contributed by atoms with Gasteiger partial charge in [0.2, 0.25) is 0 Å². The van der Waals surface area contributed by atoms with Crippen LogP contribution in [0.15, 0.2) is 82.6 Å². The number of hydrogen-bond donors (Lipinski definition) is 0. The third-order valence-corrected chi connectivity index (χ3v) is 5.64. The largest absolute Gasteiger partial charge is 0.279 e. The maximum atomic E-state index is 13.9. The quantitative estimate of drug-likeness (QED) is 0.387. The molecule has 3 nitrogen and oxygen atoms in total. The predicted molar refractivity (Wildman–Crippen MR) is 117 cm³/mol. The summed E-state index contributed by atoms with van der Waals surface area (Å²) in [5, 5.41) is 4.33. The van der Waals surface area contributed by atoms with Gasteiger partial charge in [-0.1, -0.05) is 18.2 Å². The lowest BCUT2D eigenvalue weighted by atomic mass is 9.96. The smallest absolute Gasteiger partial charge is 0.267 e. The number of benzene rings is 3. The summed E-state index contributed by atoms with van der Waals surface area (Å²) in [7, 11) is 0. The molecule has 6 heteroatoms. The molecule has 0 aliphatic heterocycles. The first kappa shape index (κ1) is 20.0. The number of rotatable bonds is 4. The molecule has 150 valence electrons. The maximum Gasteiger partial charge on any atom is 0.279 e. The highest BCUT2D eigenvalue weighted by molar-refractivity contribution is 7.98. The van der Waals surface area contributed by atoms with Gasteiger partial charge in [-0.25, -0.2) is 8.78 Å². The first-order valence-electron chi connectivity index (χ1n) is 9.27. The molecule has 4 rings (SSSR count). The summed E-state index contributed by atoms with van der Waals surface area (Å²) >= 11 is 1.63. The van der Waals surface area contributed by atoms with Crippen LogP contribution in [0.4, 0.5) is 8.78 Å². The molecule has 0 fully saturated rings. The van der Waals surface area contributed by atoms with Gasteiger partial charge in [0.05, 0.1) is 17.4 Å². The molecule has 4 aromatic rings. The second kappa shape index (κ2) is 8.24. The highest BCUT2D eigenvalue weighted by Crippen LogP contribution is 2.31. The topological polar surface area (TPSA) is 34.9 Å². The maximum absolute atomic E-state index is 13.9. The number of aryl methyl sites for hydroxylation is 1. The number of aromatic nitrogens is 2. The van der Waals surface area contributed by atoms with Crippen LogP contribution in [0.3, 0.4) is 0 Å². The van der Waals surface area contributed by atoms with Crippen LogP contribution in [0.25, 0.3) is 27.9 Å². The summed E-state index contributed by atoms with van der Waals surface area (Å²) in [5.74, 6) is -0.732. The van der Waals surface area contributed by atoms with Gasteiger partial charge in [-0.3, -0.25) is 4.79 Å². The zero-order valence-corrected chi connectivity index (χ0v) is 17.2. The van der Waals surface area contributed by atoms with Crippen LogP contribution in [0.2, 0.25) is 0 Å².